The first-order valence-corrected chi connectivity index (χ1v) is 7.16. The van der Waals surface area contributed by atoms with E-state index >= 15 is 0 Å². The Kier molecular flexibility index (Phi) is 6.54. The third kappa shape index (κ3) is 4.66. The molecule has 1 aliphatic heterocycles. The number of aryl methyl sites for hydroxylation is 1. The average molecular weight is 265 g/mol. The van der Waals surface area contributed by atoms with Gasteiger partial charge in [0.05, 0.1) is 0 Å². The molecule has 0 aliphatic carbocycles. The Labute approximate surface area is 115 Å². The fraction of sp³-hybridized carbons (Fsp3) is 0.562. The van der Waals surface area contributed by atoms with E-state index in [0.717, 1.165) is 19.3 Å². The van der Waals surface area contributed by atoms with Crippen LogP contribution in [0.4, 0.5) is 10.1 Å². The van der Waals surface area contributed by atoms with E-state index < -0.39 is 0 Å². The summed E-state index contributed by atoms with van der Waals surface area (Å²) in [5, 5.41) is 0. The minimum absolute atomic E-state index is 0.112. The van der Waals surface area contributed by atoms with Crippen LogP contribution in [0.3, 0.4) is 0 Å². The number of amides is 1. The summed E-state index contributed by atoms with van der Waals surface area (Å²) in [6.45, 7) is 6.69. The van der Waals surface area contributed by atoms with Crippen LogP contribution in [-0.4, -0.2) is 12.5 Å². The first-order chi connectivity index (χ1) is 9.10. The second-order valence-corrected chi connectivity index (χ2v) is 5.00. The SMILES string of the molecule is CCC.Cc1ccc(N2CCCCCC2=O)cc1F. The molecule has 1 aromatic rings. The molecule has 3 heteroatoms. The van der Waals surface area contributed by atoms with Gasteiger partial charge in [-0.2, -0.15) is 0 Å². The van der Waals surface area contributed by atoms with Crippen molar-refractivity contribution in [3.63, 3.8) is 0 Å². The van der Waals surface area contributed by atoms with E-state index in [1.165, 1.54) is 12.5 Å². The highest BCUT2D eigenvalue weighted by Crippen LogP contribution is 2.22. The van der Waals surface area contributed by atoms with E-state index in [4.69, 9.17) is 0 Å². The van der Waals surface area contributed by atoms with Gasteiger partial charge in [-0.3, -0.25) is 4.79 Å². The van der Waals surface area contributed by atoms with Crippen LogP contribution in [0.15, 0.2) is 18.2 Å². The molecule has 1 aromatic carbocycles. The van der Waals surface area contributed by atoms with Gasteiger partial charge in [0.1, 0.15) is 5.82 Å². The highest BCUT2D eigenvalue weighted by atomic mass is 19.1. The highest BCUT2D eigenvalue weighted by Gasteiger charge is 2.18. The second-order valence-electron chi connectivity index (χ2n) is 5.00. The molecule has 0 N–H and O–H groups in total. The van der Waals surface area contributed by atoms with Gasteiger partial charge < -0.3 is 4.90 Å². The van der Waals surface area contributed by atoms with E-state index in [2.05, 4.69) is 13.8 Å². The summed E-state index contributed by atoms with van der Waals surface area (Å²) in [6.07, 6.45) is 4.86. The number of hydrogen-bond acceptors (Lipinski definition) is 1. The van der Waals surface area contributed by atoms with E-state index in [1.54, 1.807) is 17.9 Å². The molecule has 0 spiro atoms. The van der Waals surface area contributed by atoms with Gasteiger partial charge in [-0.15, -0.1) is 0 Å². The number of rotatable bonds is 1. The number of anilines is 1. The third-order valence-corrected chi connectivity index (χ3v) is 3.04. The van der Waals surface area contributed by atoms with Crippen molar-refractivity contribution in [1.82, 2.24) is 0 Å². The van der Waals surface area contributed by atoms with E-state index in [-0.39, 0.29) is 11.7 Å². The first kappa shape index (κ1) is 15.7. The Balaban J connectivity index is 0.000000550. The van der Waals surface area contributed by atoms with Gasteiger partial charge in [0.15, 0.2) is 0 Å². The Hall–Kier alpha value is -1.38. The molecule has 1 fully saturated rings. The van der Waals surface area contributed by atoms with Crippen molar-refractivity contribution in [3.05, 3.63) is 29.6 Å². The lowest BCUT2D eigenvalue weighted by molar-refractivity contribution is -0.118. The van der Waals surface area contributed by atoms with Crippen molar-refractivity contribution in [1.29, 1.82) is 0 Å². The maximum absolute atomic E-state index is 13.4. The molecule has 19 heavy (non-hydrogen) atoms. The van der Waals surface area contributed by atoms with Crippen molar-refractivity contribution < 1.29 is 9.18 Å². The topological polar surface area (TPSA) is 20.3 Å². The van der Waals surface area contributed by atoms with Gasteiger partial charge >= 0.3 is 0 Å². The Bertz CT molecular complexity index is 417. The van der Waals surface area contributed by atoms with Crippen LogP contribution in [0.2, 0.25) is 0 Å². The van der Waals surface area contributed by atoms with Crippen molar-refractivity contribution in [2.75, 3.05) is 11.4 Å². The summed E-state index contributed by atoms with van der Waals surface area (Å²) in [6, 6.07) is 5.00. The molecule has 1 saturated heterocycles. The molecular formula is C16H24FNO. The zero-order chi connectivity index (χ0) is 14.3. The predicted octanol–water partition coefficient (Wildman–Crippen LogP) is 4.46. The molecule has 2 rings (SSSR count). The molecule has 1 amide bonds. The number of benzene rings is 1. The number of hydrogen-bond donors (Lipinski definition) is 0. The van der Waals surface area contributed by atoms with Gasteiger partial charge in [0.25, 0.3) is 0 Å². The zero-order valence-corrected chi connectivity index (χ0v) is 12.2. The Morgan fingerprint density at radius 2 is 1.89 bits per heavy atom. The summed E-state index contributed by atoms with van der Waals surface area (Å²) < 4.78 is 13.4. The maximum atomic E-state index is 13.4. The zero-order valence-electron chi connectivity index (χ0n) is 12.2. The van der Waals surface area contributed by atoms with Gasteiger partial charge in [-0.05, 0) is 37.5 Å². The molecule has 0 aromatic heterocycles. The average Bonchev–Trinajstić information content (AvgIpc) is 2.59. The quantitative estimate of drug-likeness (QED) is 0.734. The van der Waals surface area contributed by atoms with Crippen molar-refractivity contribution in [2.24, 2.45) is 0 Å². The lowest BCUT2D eigenvalue weighted by Gasteiger charge is -2.20. The first-order valence-electron chi connectivity index (χ1n) is 7.16. The molecular weight excluding hydrogens is 241 g/mol. The Morgan fingerprint density at radius 3 is 2.53 bits per heavy atom. The molecule has 0 atom stereocenters. The molecule has 1 heterocycles. The number of carbonyl (C=O) groups excluding carboxylic acids is 1. The third-order valence-electron chi connectivity index (χ3n) is 3.04. The summed E-state index contributed by atoms with van der Waals surface area (Å²) in [5.41, 5.74) is 1.31. The molecule has 2 nitrogen and oxygen atoms in total. The van der Waals surface area contributed by atoms with Crippen LogP contribution in [0.5, 0.6) is 0 Å². The largest absolute Gasteiger partial charge is 0.312 e. The molecule has 0 unspecified atom stereocenters. The summed E-state index contributed by atoms with van der Waals surface area (Å²) >= 11 is 0. The Morgan fingerprint density at radius 1 is 1.21 bits per heavy atom. The van der Waals surface area contributed by atoms with E-state index in [9.17, 15) is 9.18 Å². The minimum Gasteiger partial charge on any atom is -0.312 e. The van der Waals surface area contributed by atoms with Crippen molar-refractivity contribution in [2.45, 2.75) is 52.9 Å². The van der Waals surface area contributed by atoms with Crippen LogP contribution < -0.4 is 4.90 Å². The normalized spacial score (nSPS) is 15.6. The van der Waals surface area contributed by atoms with Crippen LogP contribution in [0.1, 0.15) is 51.5 Å². The van der Waals surface area contributed by atoms with Gasteiger partial charge in [-0.25, -0.2) is 4.39 Å². The van der Waals surface area contributed by atoms with Crippen LogP contribution >= 0.6 is 0 Å². The number of halogens is 1. The molecule has 1 aliphatic rings. The minimum atomic E-state index is -0.241. The highest BCUT2D eigenvalue weighted by molar-refractivity contribution is 5.93. The van der Waals surface area contributed by atoms with Crippen LogP contribution in [-0.2, 0) is 4.79 Å². The van der Waals surface area contributed by atoms with Crippen molar-refractivity contribution >= 4 is 11.6 Å². The molecule has 0 radical (unpaired) electrons. The summed E-state index contributed by atoms with van der Waals surface area (Å²) in [7, 11) is 0. The fourth-order valence-electron chi connectivity index (χ4n) is 2.01. The summed E-state index contributed by atoms with van der Waals surface area (Å²) in [5.74, 6) is -0.129. The van der Waals surface area contributed by atoms with E-state index in [0.29, 0.717) is 24.2 Å². The second kappa shape index (κ2) is 7.93. The molecule has 106 valence electrons. The van der Waals surface area contributed by atoms with Gasteiger partial charge in [0, 0.05) is 18.7 Å². The molecule has 0 bridgehead atoms. The predicted molar refractivity (Wildman–Crippen MR) is 77.9 cm³/mol. The maximum Gasteiger partial charge on any atom is 0.226 e. The lowest BCUT2D eigenvalue weighted by atomic mass is 10.2. The fourth-order valence-corrected chi connectivity index (χ4v) is 2.01. The monoisotopic (exact) mass is 265 g/mol. The van der Waals surface area contributed by atoms with E-state index in [1.807, 2.05) is 6.07 Å². The summed E-state index contributed by atoms with van der Waals surface area (Å²) in [4.78, 5) is 13.5. The standard InChI is InChI=1S/C13H16FNO.C3H8/c1-10-6-7-11(9-12(10)14)15-8-4-2-3-5-13(15)16;1-3-2/h6-7,9H,2-5,8H2,1H3;3H2,1-2H3. The van der Waals surface area contributed by atoms with Crippen molar-refractivity contribution in [3.8, 4) is 0 Å². The van der Waals surface area contributed by atoms with Gasteiger partial charge in [-0.1, -0.05) is 32.8 Å². The number of nitrogens with zero attached hydrogens (tertiary/aromatic N) is 1. The number of carbonyl (C=O) groups is 1. The lowest BCUT2D eigenvalue weighted by Crippen LogP contribution is -2.30. The van der Waals surface area contributed by atoms with Crippen LogP contribution in [0, 0.1) is 12.7 Å². The molecule has 0 saturated carbocycles. The van der Waals surface area contributed by atoms with Gasteiger partial charge in [0.2, 0.25) is 5.91 Å². The van der Waals surface area contributed by atoms with Crippen LogP contribution in [0.25, 0.3) is 0 Å². The smallest absolute Gasteiger partial charge is 0.226 e.